The van der Waals surface area contributed by atoms with E-state index in [-0.39, 0.29) is 48.8 Å². The number of amides is 1. The van der Waals surface area contributed by atoms with Gasteiger partial charge in [-0.05, 0) is 17.7 Å². The predicted molar refractivity (Wildman–Crippen MR) is 101 cm³/mol. The Morgan fingerprint density at radius 3 is 2.79 bits per heavy atom. The molecular weight excluding hydrogens is 402 g/mol. The molecule has 0 bridgehead atoms. The van der Waals surface area contributed by atoms with Crippen molar-refractivity contribution >= 4 is 23.2 Å². The van der Waals surface area contributed by atoms with E-state index >= 15 is 0 Å². The standard InChI is InChI=1S/C18H16ClN5O5/c1-23-15(26)8-28-17-16(23)18(27)24(9-20-17)7-14-21-13(22-29-14)6-12(25)10-2-4-11(19)5-3-10/h2-5,9,12,25H,6-8H2,1H3. The van der Waals surface area contributed by atoms with Crippen molar-refractivity contribution in [3.8, 4) is 5.88 Å². The lowest BCUT2D eigenvalue weighted by Crippen LogP contribution is -2.41. The molecule has 3 heterocycles. The summed E-state index contributed by atoms with van der Waals surface area (Å²) in [6.45, 7) is -0.200. The van der Waals surface area contributed by atoms with Gasteiger partial charge in [0.15, 0.2) is 18.1 Å². The molecule has 1 aliphatic heterocycles. The summed E-state index contributed by atoms with van der Waals surface area (Å²) < 4.78 is 11.6. The molecule has 3 aromatic rings. The number of aliphatic hydroxyl groups is 1. The number of hydrogen-bond acceptors (Lipinski definition) is 8. The lowest BCUT2D eigenvalue weighted by atomic mass is 10.1. The van der Waals surface area contributed by atoms with Crippen LogP contribution < -0.4 is 15.2 Å². The predicted octanol–water partition coefficient (Wildman–Crippen LogP) is 0.959. The molecular formula is C18H16ClN5O5. The van der Waals surface area contributed by atoms with E-state index in [1.165, 1.54) is 22.8 Å². The van der Waals surface area contributed by atoms with Gasteiger partial charge in [0.2, 0.25) is 11.8 Å². The fourth-order valence-corrected chi connectivity index (χ4v) is 3.00. The third-order valence-electron chi connectivity index (χ3n) is 4.47. The molecule has 10 nitrogen and oxygen atoms in total. The molecule has 1 atom stereocenters. The first-order valence-electron chi connectivity index (χ1n) is 8.66. The average molecular weight is 418 g/mol. The number of benzene rings is 1. The number of carbonyl (C=O) groups excluding carboxylic acids is 1. The third kappa shape index (κ3) is 3.84. The molecule has 11 heteroatoms. The number of fused-ring (bicyclic) bond motifs is 1. The van der Waals surface area contributed by atoms with Crippen LogP contribution in [0.1, 0.15) is 23.4 Å². The molecule has 1 unspecified atom stereocenters. The van der Waals surface area contributed by atoms with Gasteiger partial charge in [-0.1, -0.05) is 28.9 Å². The maximum atomic E-state index is 12.7. The highest BCUT2D eigenvalue weighted by molar-refractivity contribution is 6.30. The van der Waals surface area contributed by atoms with E-state index in [0.717, 1.165) is 0 Å². The minimum Gasteiger partial charge on any atom is -0.466 e. The number of carbonyl (C=O) groups is 1. The van der Waals surface area contributed by atoms with Crippen LogP contribution in [0.4, 0.5) is 5.69 Å². The van der Waals surface area contributed by atoms with Crippen molar-refractivity contribution in [1.82, 2.24) is 19.7 Å². The maximum absolute atomic E-state index is 12.7. The quantitative estimate of drug-likeness (QED) is 0.651. The molecule has 0 radical (unpaired) electrons. The van der Waals surface area contributed by atoms with Crippen LogP contribution in [0.5, 0.6) is 5.88 Å². The van der Waals surface area contributed by atoms with E-state index in [2.05, 4.69) is 15.1 Å². The molecule has 1 aliphatic rings. The van der Waals surface area contributed by atoms with Gasteiger partial charge in [-0.25, -0.2) is 4.98 Å². The molecule has 0 spiro atoms. The fourth-order valence-electron chi connectivity index (χ4n) is 2.88. The van der Waals surface area contributed by atoms with Crippen molar-refractivity contribution in [3.05, 3.63) is 63.2 Å². The number of likely N-dealkylation sites (N-methyl/N-ethyl adjacent to an activating group) is 1. The topological polar surface area (TPSA) is 124 Å². The summed E-state index contributed by atoms with van der Waals surface area (Å²) in [4.78, 5) is 33.9. The van der Waals surface area contributed by atoms with Crippen molar-refractivity contribution in [2.75, 3.05) is 18.6 Å². The van der Waals surface area contributed by atoms with Crippen LogP contribution >= 0.6 is 11.6 Å². The molecule has 2 aromatic heterocycles. The summed E-state index contributed by atoms with van der Waals surface area (Å²) in [6, 6.07) is 6.80. The van der Waals surface area contributed by atoms with E-state index in [0.29, 0.717) is 10.6 Å². The number of anilines is 1. The average Bonchev–Trinajstić information content (AvgIpc) is 3.14. The second-order valence-electron chi connectivity index (χ2n) is 6.45. The first-order valence-corrected chi connectivity index (χ1v) is 9.04. The number of ether oxygens (including phenoxy) is 1. The highest BCUT2D eigenvalue weighted by Crippen LogP contribution is 2.24. The van der Waals surface area contributed by atoms with E-state index in [1.807, 2.05) is 0 Å². The van der Waals surface area contributed by atoms with Gasteiger partial charge in [0.25, 0.3) is 11.5 Å². The molecule has 150 valence electrons. The Balaban J connectivity index is 1.50. The number of aromatic nitrogens is 4. The second kappa shape index (κ2) is 7.64. The Bertz CT molecular complexity index is 1110. The number of nitrogens with zero attached hydrogens (tertiary/aromatic N) is 5. The summed E-state index contributed by atoms with van der Waals surface area (Å²) in [5, 5.41) is 14.7. The van der Waals surface area contributed by atoms with Crippen LogP contribution in [-0.2, 0) is 17.8 Å². The van der Waals surface area contributed by atoms with Gasteiger partial charge in [0.1, 0.15) is 12.9 Å². The van der Waals surface area contributed by atoms with Gasteiger partial charge in [0.05, 0.1) is 6.10 Å². The Labute approximate surface area is 169 Å². The molecule has 1 N–H and O–H groups in total. The van der Waals surface area contributed by atoms with Gasteiger partial charge < -0.3 is 19.3 Å². The monoisotopic (exact) mass is 417 g/mol. The third-order valence-corrected chi connectivity index (χ3v) is 4.72. The zero-order chi connectivity index (χ0) is 20.5. The van der Waals surface area contributed by atoms with Crippen molar-refractivity contribution in [3.63, 3.8) is 0 Å². The molecule has 1 amide bonds. The number of halogens is 1. The highest BCUT2D eigenvalue weighted by Gasteiger charge is 2.27. The van der Waals surface area contributed by atoms with E-state index in [4.69, 9.17) is 20.9 Å². The number of aliphatic hydroxyl groups excluding tert-OH is 1. The van der Waals surface area contributed by atoms with Gasteiger partial charge in [-0.15, -0.1) is 0 Å². The molecule has 0 aliphatic carbocycles. The van der Waals surface area contributed by atoms with Crippen LogP contribution in [0.2, 0.25) is 5.02 Å². The largest absolute Gasteiger partial charge is 0.466 e. The van der Waals surface area contributed by atoms with Crippen molar-refractivity contribution in [2.24, 2.45) is 0 Å². The van der Waals surface area contributed by atoms with Gasteiger partial charge in [-0.2, -0.15) is 4.98 Å². The van der Waals surface area contributed by atoms with Crippen molar-refractivity contribution in [2.45, 2.75) is 19.1 Å². The van der Waals surface area contributed by atoms with Crippen molar-refractivity contribution < 1.29 is 19.2 Å². The molecule has 0 saturated carbocycles. The van der Waals surface area contributed by atoms with Crippen LogP contribution in [0.25, 0.3) is 0 Å². The zero-order valence-corrected chi connectivity index (χ0v) is 16.0. The summed E-state index contributed by atoms with van der Waals surface area (Å²) in [6.07, 6.45) is 0.591. The van der Waals surface area contributed by atoms with Crippen LogP contribution in [-0.4, -0.2) is 44.4 Å². The number of rotatable bonds is 5. The number of hydrogen-bond donors (Lipinski definition) is 1. The highest BCUT2D eigenvalue weighted by atomic mass is 35.5. The molecule has 1 aromatic carbocycles. The smallest absolute Gasteiger partial charge is 0.281 e. The minimum atomic E-state index is -0.831. The first-order chi connectivity index (χ1) is 13.9. The van der Waals surface area contributed by atoms with Gasteiger partial charge in [0, 0.05) is 18.5 Å². The van der Waals surface area contributed by atoms with E-state index in [9.17, 15) is 14.7 Å². The van der Waals surface area contributed by atoms with Gasteiger partial charge >= 0.3 is 0 Å². The minimum absolute atomic E-state index is 0.0365. The molecule has 4 rings (SSSR count). The second-order valence-corrected chi connectivity index (χ2v) is 6.89. The van der Waals surface area contributed by atoms with Crippen LogP contribution in [0.3, 0.4) is 0 Å². The Morgan fingerprint density at radius 2 is 2.03 bits per heavy atom. The molecule has 0 fully saturated rings. The van der Waals surface area contributed by atoms with Crippen LogP contribution in [0, 0.1) is 0 Å². The first kappa shape index (κ1) is 19.1. The van der Waals surface area contributed by atoms with Crippen molar-refractivity contribution in [1.29, 1.82) is 0 Å². The lowest BCUT2D eigenvalue weighted by Gasteiger charge is -2.24. The fraction of sp³-hybridized carbons (Fsp3) is 0.278. The Morgan fingerprint density at radius 1 is 1.28 bits per heavy atom. The Kier molecular flexibility index (Phi) is 5.03. The molecule has 29 heavy (non-hydrogen) atoms. The summed E-state index contributed by atoms with van der Waals surface area (Å²) in [7, 11) is 1.49. The van der Waals surface area contributed by atoms with Crippen LogP contribution in [0.15, 0.2) is 39.9 Å². The normalized spacial score (nSPS) is 14.4. The summed E-state index contributed by atoms with van der Waals surface area (Å²) in [5.74, 6) is 0.214. The Hall–Kier alpha value is -3.24. The summed E-state index contributed by atoms with van der Waals surface area (Å²) >= 11 is 5.85. The van der Waals surface area contributed by atoms with E-state index in [1.54, 1.807) is 24.3 Å². The maximum Gasteiger partial charge on any atom is 0.281 e. The zero-order valence-electron chi connectivity index (χ0n) is 15.3. The summed E-state index contributed by atoms with van der Waals surface area (Å²) in [5.41, 5.74) is 0.261. The van der Waals surface area contributed by atoms with E-state index < -0.39 is 11.7 Å². The molecule has 0 saturated heterocycles. The SMILES string of the molecule is CN1C(=O)COc2ncn(Cc3nc(CC(O)c4ccc(Cl)cc4)no3)c(=O)c21. The van der Waals surface area contributed by atoms with Gasteiger partial charge in [-0.3, -0.25) is 14.2 Å². The lowest BCUT2D eigenvalue weighted by molar-refractivity contribution is -0.121.